The Labute approximate surface area is 108 Å². The van der Waals surface area contributed by atoms with E-state index in [1.165, 1.54) is 12.0 Å². The highest BCUT2D eigenvalue weighted by Gasteiger charge is 2.29. The third-order valence-electron chi connectivity index (χ3n) is 3.44. The zero-order valence-corrected chi connectivity index (χ0v) is 10.8. The van der Waals surface area contributed by atoms with Gasteiger partial charge in [-0.1, -0.05) is 36.8 Å². The van der Waals surface area contributed by atoms with E-state index in [2.05, 4.69) is 12.1 Å². The van der Waals surface area contributed by atoms with Gasteiger partial charge in [-0.25, -0.2) is 4.79 Å². The molecular formula is C15H20O3. The molecule has 1 aromatic carbocycles. The van der Waals surface area contributed by atoms with Gasteiger partial charge in [0.1, 0.15) is 6.10 Å². The molecule has 1 saturated carbocycles. The number of hydrogen-bond acceptors (Lipinski definition) is 3. The minimum Gasteiger partial charge on any atom is -0.435 e. The number of hydrogen-bond donors (Lipinski definition) is 0. The van der Waals surface area contributed by atoms with Crippen molar-refractivity contribution in [1.82, 2.24) is 0 Å². The molecule has 18 heavy (non-hydrogen) atoms. The fourth-order valence-electron chi connectivity index (χ4n) is 2.59. The Kier molecular flexibility index (Phi) is 4.62. The van der Waals surface area contributed by atoms with Gasteiger partial charge in [-0.05, 0) is 31.7 Å². The summed E-state index contributed by atoms with van der Waals surface area (Å²) in [7, 11) is 0. The van der Waals surface area contributed by atoms with Crippen molar-refractivity contribution < 1.29 is 14.3 Å². The van der Waals surface area contributed by atoms with Crippen molar-refractivity contribution in [2.75, 3.05) is 6.61 Å². The third-order valence-corrected chi connectivity index (χ3v) is 3.44. The molecule has 0 heterocycles. The van der Waals surface area contributed by atoms with E-state index in [1.807, 2.05) is 18.2 Å². The van der Waals surface area contributed by atoms with Crippen molar-refractivity contribution in [2.45, 2.75) is 44.6 Å². The van der Waals surface area contributed by atoms with Crippen LogP contribution in [0.4, 0.5) is 4.79 Å². The second-order valence-electron chi connectivity index (χ2n) is 4.64. The first-order chi connectivity index (χ1) is 8.81. The van der Waals surface area contributed by atoms with Crippen LogP contribution in [0.2, 0.25) is 0 Å². The molecule has 1 aliphatic carbocycles. The smallest absolute Gasteiger partial charge is 0.435 e. The van der Waals surface area contributed by atoms with Crippen LogP contribution in [0.15, 0.2) is 30.3 Å². The zero-order valence-electron chi connectivity index (χ0n) is 10.8. The average molecular weight is 248 g/mol. The maximum atomic E-state index is 11.4. The summed E-state index contributed by atoms with van der Waals surface area (Å²) in [6, 6.07) is 10.3. The molecule has 0 spiro atoms. The lowest BCUT2D eigenvalue weighted by Crippen LogP contribution is -2.29. The molecule has 3 heteroatoms. The highest BCUT2D eigenvalue weighted by Crippen LogP contribution is 2.35. The molecule has 0 unspecified atom stereocenters. The van der Waals surface area contributed by atoms with E-state index >= 15 is 0 Å². The Balaban J connectivity index is 2.04. The normalized spacial score (nSPS) is 23.4. The Bertz CT molecular complexity index is 375. The van der Waals surface area contributed by atoms with Gasteiger partial charge in [-0.2, -0.15) is 0 Å². The number of carbonyl (C=O) groups is 1. The Morgan fingerprint density at radius 3 is 2.67 bits per heavy atom. The molecule has 2 atom stereocenters. The fourth-order valence-corrected chi connectivity index (χ4v) is 2.59. The van der Waals surface area contributed by atoms with Crippen LogP contribution in [0.3, 0.4) is 0 Å². The van der Waals surface area contributed by atoms with E-state index in [0.29, 0.717) is 12.5 Å². The van der Waals surface area contributed by atoms with Gasteiger partial charge in [0, 0.05) is 5.92 Å². The van der Waals surface area contributed by atoms with E-state index in [0.717, 1.165) is 19.3 Å². The molecule has 0 N–H and O–H groups in total. The lowest BCUT2D eigenvalue weighted by Gasteiger charge is -2.31. The molecule has 1 aromatic rings. The van der Waals surface area contributed by atoms with Crippen LogP contribution < -0.4 is 0 Å². The zero-order chi connectivity index (χ0) is 12.8. The summed E-state index contributed by atoms with van der Waals surface area (Å²) in [5.41, 5.74) is 1.26. The topological polar surface area (TPSA) is 35.5 Å². The van der Waals surface area contributed by atoms with Gasteiger partial charge in [0.2, 0.25) is 0 Å². The second kappa shape index (κ2) is 6.43. The van der Waals surface area contributed by atoms with E-state index in [1.54, 1.807) is 6.92 Å². The number of rotatable bonds is 3. The highest BCUT2D eigenvalue weighted by molar-refractivity contribution is 5.60. The summed E-state index contributed by atoms with van der Waals surface area (Å²) >= 11 is 0. The number of ether oxygens (including phenoxy) is 2. The van der Waals surface area contributed by atoms with E-state index in [-0.39, 0.29) is 6.10 Å². The molecule has 98 valence electrons. The monoisotopic (exact) mass is 248 g/mol. The quantitative estimate of drug-likeness (QED) is 0.761. The van der Waals surface area contributed by atoms with Crippen LogP contribution >= 0.6 is 0 Å². The van der Waals surface area contributed by atoms with Gasteiger partial charge in [-0.3, -0.25) is 0 Å². The van der Waals surface area contributed by atoms with Gasteiger partial charge in [0.25, 0.3) is 0 Å². The third kappa shape index (κ3) is 3.25. The maximum absolute atomic E-state index is 11.4. The standard InChI is InChI=1S/C15H20O3/c1-2-17-15(16)18-14-11-7-6-10-13(14)12-8-4-3-5-9-12/h3-5,8-9,13-14H,2,6-7,10-11H2,1H3/t13-,14+/m1/s1. The van der Waals surface area contributed by atoms with Crippen molar-refractivity contribution in [3.63, 3.8) is 0 Å². The van der Waals surface area contributed by atoms with E-state index < -0.39 is 6.16 Å². The molecule has 0 saturated heterocycles. The van der Waals surface area contributed by atoms with Crippen LogP contribution in [0, 0.1) is 0 Å². The summed E-state index contributed by atoms with van der Waals surface area (Å²) in [6.45, 7) is 2.15. The SMILES string of the molecule is CCOC(=O)O[C@H]1CCCC[C@@H]1c1ccccc1. The van der Waals surface area contributed by atoms with Gasteiger partial charge in [0.15, 0.2) is 0 Å². The Morgan fingerprint density at radius 1 is 1.22 bits per heavy atom. The Hall–Kier alpha value is -1.51. The lowest BCUT2D eigenvalue weighted by atomic mass is 9.81. The molecular weight excluding hydrogens is 228 g/mol. The van der Waals surface area contributed by atoms with Crippen LogP contribution in [0.5, 0.6) is 0 Å². The second-order valence-corrected chi connectivity index (χ2v) is 4.64. The van der Waals surface area contributed by atoms with Gasteiger partial charge >= 0.3 is 6.16 Å². The van der Waals surface area contributed by atoms with Gasteiger partial charge in [0.05, 0.1) is 6.61 Å². The van der Waals surface area contributed by atoms with Crippen molar-refractivity contribution in [3.05, 3.63) is 35.9 Å². The van der Waals surface area contributed by atoms with Crippen molar-refractivity contribution in [2.24, 2.45) is 0 Å². The summed E-state index contributed by atoms with van der Waals surface area (Å²) in [6.07, 6.45) is 3.74. The number of carbonyl (C=O) groups excluding carboxylic acids is 1. The first kappa shape index (κ1) is 12.9. The first-order valence-corrected chi connectivity index (χ1v) is 6.69. The Morgan fingerprint density at radius 2 is 1.94 bits per heavy atom. The van der Waals surface area contributed by atoms with Crippen molar-refractivity contribution >= 4 is 6.16 Å². The van der Waals surface area contributed by atoms with Gasteiger partial charge < -0.3 is 9.47 Å². The first-order valence-electron chi connectivity index (χ1n) is 6.69. The molecule has 0 aliphatic heterocycles. The molecule has 1 fully saturated rings. The molecule has 0 bridgehead atoms. The molecule has 0 radical (unpaired) electrons. The predicted molar refractivity (Wildman–Crippen MR) is 69.5 cm³/mol. The lowest BCUT2D eigenvalue weighted by molar-refractivity contribution is 0.00495. The van der Waals surface area contributed by atoms with Crippen LogP contribution in [-0.4, -0.2) is 18.9 Å². The van der Waals surface area contributed by atoms with Crippen LogP contribution in [0.25, 0.3) is 0 Å². The van der Waals surface area contributed by atoms with Crippen molar-refractivity contribution in [3.8, 4) is 0 Å². The summed E-state index contributed by atoms with van der Waals surface area (Å²) in [4.78, 5) is 11.4. The average Bonchev–Trinajstić information content (AvgIpc) is 2.40. The summed E-state index contributed by atoms with van der Waals surface area (Å²) in [5.74, 6) is 0.310. The molecule has 0 aromatic heterocycles. The predicted octanol–water partition coefficient (Wildman–Crippen LogP) is 3.89. The molecule has 2 rings (SSSR count). The fraction of sp³-hybridized carbons (Fsp3) is 0.533. The highest BCUT2D eigenvalue weighted by atomic mass is 16.7. The maximum Gasteiger partial charge on any atom is 0.508 e. The van der Waals surface area contributed by atoms with Crippen LogP contribution in [0.1, 0.15) is 44.1 Å². The van der Waals surface area contributed by atoms with E-state index in [9.17, 15) is 4.79 Å². The van der Waals surface area contributed by atoms with Gasteiger partial charge in [-0.15, -0.1) is 0 Å². The molecule has 3 nitrogen and oxygen atoms in total. The van der Waals surface area contributed by atoms with Crippen molar-refractivity contribution in [1.29, 1.82) is 0 Å². The summed E-state index contributed by atoms with van der Waals surface area (Å²) in [5, 5.41) is 0. The molecule has 0 amide bonds. The summed E-state index contributed by atoms with van der Waals surface area (Å²) < 4.78 is 10.3. The van der Waals surface area contributed by atoms with Crippen LogP contribution in [-0.2, 0) is 9.47 Å². The number of benzene rings is 1. The molecule has 1 aliphatic rings. The minimum atomic E-state index is -0.537. The largest absolute Gasteiger partial charge is 0.508 e. The minimum absolute atomic E-state index is 0.0415. The van der Waals surface area contributed by atoms with E-state index in [4.69, 9.17) is 9.47 Å².